The molecule has 29 heavy (non-hydrogen) atoms. The SMILES string of the molecule is CCCC(C)NC(=O)C1N(CCCCO)C(=O)[C@@H]2[C@@H](C(=O)NC)[C@H]3CC(C)C12S3. The minimum absolute atomic E-state index is 0.0472. The Morgan fingerprint density at radius 3 is 2.69 bits per heavy atom. The van der Waals surface area contributed by atoms with Gasteiger partial charge in [0.05, 0.1) is 16.6 Å². The molecule has 3 aliphatic rings. The molecule has 164 valence electrons. The molecule has 3 heterocycles. The average molecular weight is 426 g/mol. The molecular weight excluding hydrogens is 390 g/mol. The van der Waals surface area contributed by atoms with Gasteiger partial charge in [0.2, 0.25) is 17.7 Å². The molecule has 0 radical (unpaired) electrons. The molecule has 3 saturated heterocycles. The fourth-order valence-corrected chi connectivity index (χ4v) is 8.17. The molecule has 7 atom stereocenters. The molecule has 3 aliphatic heterocycles. The van der Waals surface area contributed by atoms with E-state index < -0.39 is 16.7 Å². The van der Waals surface area contributed by atoms with Crippen molar-refractivity contribution in [3.63, 3.8) is 0 Å². The summed E-state index contributed by atoms with van der Waals surface area (Å²) in [4.78, 5) is 41.4. The number of nitrogens with one attached hydrogen (secondary N) is 2. The first-order valence-corrected chi connectivity index (χ1v) is 11.8. The molecule has 4 unspecified atom stereocenters. The summed E-state index contributed by atoms with van der Waals surface area (Å²) in [5.41, 5.74) is 0. The van der Waals surface area contributed by atoms with Gasteiger partial charge in [0, 0.05) is 31.5 Å². The van der Waals surface area contributed by atoms with Gasteiger partial charge >= 0.3 is 0 Å². The van der Waals surface area contributed by atoms with E-state index in [9.17, 15) is 19.5 Å². The lowest BCUT2D eigenvalue weighted by molar-refractivity contribution is -0.140. The van der Waals surface area contributed by atoms with Crippen LogP contribution in [0.1, 0.15) is 52.9 Å². The molecule has 1 spiro atoms. The van der Waals surface area contributed by atoms with E-state index in [4.69, 9.17) is 0 Å². The van der Waals surface area contributed by atoms with Gasteiger partial charge in [-0.2, -0.15) is 0 Å². The van der Waals surface area contributed by atoms with Crippen molar-refractivity contribution in [2.75, 3.05) is 20.2 Å². The Hall–Kier alpha value is -1.28. The summed E-state index contributed by atoms with van der Waals surface area (Å²) in [5, 5.41) is 15.1. The van der Waals surface area contributed by atoms with E-state index in [1.54, 1.807) is 23.7 Å². The van der Waals surface area contributed by atoms with Gasteiger partial charge in [0.1, 0.15) is 6.04 Å². The van der Waals surface area contributed by atoms with Crippen molar-refractivity contribution >= 4 is 29.5 Å². The number of thioether (sulfide) groups is 1. The van der Waals surface area contributed by atoms with E-state index in [0.29, 0.717) is 19.4 Å². The molecule has 3 rings (SSSR count). The van der Waals surface area contributed by atoms with Crippen molar-refractivity contribution in [3.05, 3.63) is 0 Å². The van der Waals surface area contributed by atoms with Crippen LogP contribution in [-0.2, 0) is 14.4 Å². The van der Waals surface area contributed by atoms with Crippen molar-refractivity contribution < 1.29 is 19.5 Å². The molecule has 0 aromatic rings. The molecule has 0 aliphatic carbocycles. The number of aliphatic hydroxyl groups is 1. The third-order valence-electron chi connectivity index (χ3n) is 6.96. The predicted octanol–water partition coefficient (Wildman–Crippen LogP) is 1.15. The minimum Gasteiger partial charge on any atom is -0.396 e. The van der Waals surface area contributed by atoms with E-state index in [-0.39, 0.29) is 47.5 Å². The number of carbonyl (C=O) groups is 3. The number of amides is 3. The largest absolute Gasteiger partial charge is 0.396 e. The van der Waals surface area contributed by atoms with E-state index in [1.807, 2.05) is 6.92 Å². The highest BCUT2D eigenvalue weighted by molar-refractivity contribution is 8.02. The first-order valence-electron chi connectivity index (χ1n) is 10.9. The van der Waals surface area contributed by atoms with Crippen molar-refractivity contribution in [2.24, 2.45) is 17.8 Å². The molecule has 0 saturated carbocycles. The summed E-state index contributed by atoms with van der Waals surface area (Å²) in [7, 11) is 1.62. The molecular formula is C21H35N3O4S. The topological polar surface area (TPSA) is 98.7 Å². The highest BCUT2D eigenvalue weighted by Crippen LogP contribution is 2.68. The summed E-state index contributed by atoms with van der Waals surface area (Å²) in [6.45, 7) is 6.72. The Morgan fingerprint density at radius 1 is 1.34 bits per heavy atom. The van der Waals surface area contributed by atoms with Crippen LogP contribution >= 0.6 is 11.8 Å². The Morgan fingerprint density at radius 2 is 2.07 bits per heavy atom. The number of carbonyl (C=O) groups excluding carboxylic acids is 3. The first kappa shape index (κ1) is 22.4. The van der Waals surface area contributed by atoms with Crippen molar-refractivity contribution in [3.8, 4) is 0 Å². The normalized spacial score (nSPS) is 36.2. The highest BCUT2D eigenvalue weighted by atomic mass is 32.2. The number of rotatable bonds is 9. The molecule has 3 fully saturated rings. The molecule has 3 N–H and O–H groups in total. The average Bonchev–Trinajstić information content (AvgIpc) is 3.26. The second kappa shape index (κ2) is 8.84. The number of aliphatic hydroxyl groups excluding tert-OH is 1. The van der Waals surface area contributed by atoms with Crippen molar-refractivity contribution in [1.29, 1.82) is 0 Å². The standard InChI is InChI=1S/C21H35N3O4S/c1-5-8-13(3)23-19(27)17-21-12(2)11-14(29-21)15(18(26)22-4)16(21)20(28)24(17)9-6-7-10-25/h12-17,25H,5-11H2,1-4H3,(H,22,26)(H,23,27)/t12?,13?,14-,15+,16+,17?,21?/m1/s1. The lowest BCUT2D eigenvalue weighted by atomic mass is 9.66. The number of nitrogens with zero attached hydrogens (tertiary/aromatic N) is 1. The summed E-state index contributed by atoms with van der Waals surface area (Å²) in [6, 6.07) is -0.511. The minimum atomic E-state index is -0.558. The van der Waals surface area contributed by atoms with E-state index >= 15 is 0 Å². The van der Waals surface area contributed by atoms with Crippen LogP contribution in [0, 0.1) is 17.8 Å². The first-order chi connectivity index (χ1) is 13.8. The van der Waals surface area contributed by atoms with Gasteiger partial charge in [-0.05, 0) is 38.5 Å². The quantitative estimate of drug-likeness (QED) is 0.481. The summed E-state index contributed by atoms with van der Waals surface area (Å²) < 4.78 is -0.547. The number of fused-ring (bicyclic) bond motifs is 1. The number of unbranched alkanes of at least 4 members (excludes halogenated alkanes) is 1. The maximum Gasteiger partial charge on any atom is 0.244 e. The molecule has 0 aromatic carbocycles. The Bertz CT molecular complexity index is 660. The van der Waals surface area contributed by atoms with Gasteiger partial charge in [0.15, 0.2) is 0 Å². The van der Waals surface area contributed by atoms with Gasteiger partial charge in [-0.25, -0.2) is 0 Å². The Labute approximate surface area is 177 Å². The third-order valence-corrected chi connectivity index (χ3v) is 9.04. The van der Waals surface area contributed by atoms with Crippen LogP contribution in [0.4, 0.5) is 0 Å². The zero-order chi connectivity index (χ0) is 21.3. The summed E-state index contributed by atoms with van der Waals surface area (Å²) in [6.07, 6.45) is 3.95. The van der Waals surface area contributed by atoms with Gasteiger partial charge in [0.25, 0.3) is 0 Å². The Kier molecular flexibility index (Phi) is 6.83. The van der Waals surface area contributed by atoms with E-state index in [2.05, 4.69) is 24.5 Å². The zero-order valence-corrected chi connectivity index (χ0v) is 18.8. The van der Waals surface area contributed by atoms with Gasteiger partial charge in [-0.15, -0.1) is 11.8 Å². The predicted molar refractivity (Wildman–Crippen MR) is 113 cm³/mol. The lowest BCUT2D eigenvalue weighted by Crippen LogP contribution is -2.57. The van der Waals surface area contributed by atoms with Gasteiger partial charge in [-0.3, -0.25) is 14.4 Å². The van der Waals surface area contributed by atoms with Crippen LogP contribution in [0.25, 0.3) is 0 Å². The third kappa shape index (κ3) is 3.56. The van der Waals surface area contributed by atoms with Crippen molar-refractivity contribution in [2.45, 2.75) is 75.0 Å². The van der Waals surface area contributed by atoms with Crippen LogP contribution in [-0.4, -0.2) is 70.0 Å². The van der Waals surface area contributed by atoms with Crippen LogP contribution in [0.15, 0.2) is 0 Å². The van der Waals surface area contributed by atoms with Crippen LogP contribution < -0.4 is 10.6 Å². The second-order valence-electron chi connectivity index (χ2n) is 8.83. The van der Waals surface area contributed by atoms with E-state index in [1.165, 1.54) is 0 Å². The van der Waals surface area contributed by atoms with E-state index in [0.717, 1.165) is 19.3 Å². The number of hydrogen-bond donors (Lipinski definition) is 3. The second-order valence-corrected chi connectivity index (χ2v) is 10.4. The fourth-order valence-electron chi connectivity index (χ4n) is 5.75. The fraction of sp³-hybridized carbons (Fsp3) is 0.857. The summed E-state index contributed by atoms with van der Waals surface area (Å²) in [5.74, 6) is -0.894. The molecule has 3 amide bonds. The molecule has 7 nitrogen and oxygen atoms in total. The maximum atomic E-state index is 13.6. The number of hydrogen-bond acceptors (Lipinski definition) is 5. The lowest BCUT2D eigenvalue weighted by Gasteiger charge is -2.39. The maximum absolute atomic E-state index is 13.6. The van der Waals surface area contributed by atoms with Crippen LogP contribution in [0.5, 0.6) is 0 Å². The molecule has 8 heteroatoms. The monoisotopic (exact) mass is 425 g/mol. The van der Waals surface area contributed by atoms with Gasteiger partial charge < -0.3 is 20.6 Å². The molecule has 2 bridgehead atoms. The number of likely N-dealkylation sites (tertiary alicyclic amines) is 1. The Balaban J connectivity index is 1.96. The molecule has 0 aromatic heterocycles. The van der Waals surface area contributed by atoms with Crippen molar-refractivity contribution in [1.82, 2.24) is 15.5 Å². The summed E-state index contributed by atoms with van der Waals surface area (Å²) >= 11 is 1.70. The van der Waals surface area contributed by atoms with Gasteiger partial charge in [-0.1, -0.05) is 20.3 Å². The smallest absolute Gasteiger partial charge is 0.244 e. The highest BCUT2D eigenvalue weighted by Gasteiger charge is 2.75. The van der Waals surface area contributed by atoms with Crippen LogP contribution in [0.3, 0.4) is 0 Å². The van der Waals surface area contributed by atoms with Crippen LogP contribution in [0.2, 0.25) is 0 Å². The zero-order valence-electron chi connectivity index (χ0n) is 17.9.